The minimum atomic E-state index is -0.595. The zero-order valence-corrected chi connectivity index (χ0v) is 21.7. The molecule has 0 unspecified atom stereocenters. The Morgan fingerprint density at radius 2 is 1.61 bits per heavy atom. The summed E-state index contributed by atoms with van der Waals surface area (Å²) in [5.41, 5.74) is 0.620. The Morgan fingerprint density at radius 3 is 2.27 bits per heavy atom. The average Bonchev–Trinajstić information content (AvgIpc) is 2.72. The van der Waals surface area contributed by atoms with Gasteiger partial charge in [0, 0.05) is 16.7 Å². The molecule has 5 rings (SSSR count). The number of carbonyl (C=O) groups is 2. The van der Waals surface area contributed by atoms with Crippen LogP contribution in [-0.4, -0.2) is 11.6 Å². The molecule has 0 saturated heterocycles. The Morgan fingerprint density at radius 1 is 0.939 bits per heavy atom. The zero-order chi connectivity index (χ0) is 24.2. The molecule has 0 aromatic rings. The first-order chi connectivity index (χ1) is 15.2. The van der Waals surface area contributed by atoms with E-state index in [1.54, 1.807) is 0 Å². The fourth-order valence-electron chi connectivity index (χ4n) is 9.74. The second kappa shape index (κ2) is 6.71. The molecule has 0 aliphatic heterocycles. The zero-order valence-electron chi connectivity index (χ0n) is 21.7. The van der Waals surface area contributed by atoms with Gasteiger partial charge in [-0.1, -0.05) is 60.1 Å². The Balaban J connectivity index is 1.68. The minimum Gasteiger partial charge on any atom is -0.295 e. The fraction of sp³-hybridized carbons (Fsp3) is 0.767. The number of hydrogen-bond acceptors (Lipinski definition) is 3. The molecule has 7 atom stereocenters. The van der Waals surface area contributed by atoms with Crippen molar-refractivity contribution in [3.8, 4) is 6.07 Å². The maximum Gasteiger partial charge on any atom is 0.178 e. The number of nitriles is 1. The van der Waals surface area contributed by atoms with Crippen LogP contribution < -0.4 is 0 Å². The van der Waals surface area contributed by atoms with Crippen LogP contribution in [-0.2, 0) is 9.59 Å². The van der Waals surface area contributed by atoms with Crippen LogP contribution in [0, 0.1) is 62.1 Å². The molecule has 3 saturated carbocycles. The molecule has 5 aliphatic carbocycles. The van der Waals surface area contributed by atoms with Crippen molar-refractivity contribution in [1.29, 1.82) is 5.26 Å². The molecular formula is C30H41NO2. The van der Waals surface area contributed by atoms with Gasteiger partial charge in [0.1, 0.15) is 6.07 Å². The van der Waals surface area contributed by atoms with E-state index in [4.69, 9.17) is 0 Å². The average molecular weight is 448 g/mol. The summed E-state index contributed by atoms with van der Waals surface area (Å²) >= 11 is 0. The van der Waals surface area contributed by atoms with Crippen molar-refractivity contribution in [3.63, 3.8) is 0 Å². The van der Waals surface area contributed by atoms with Gasteiger partial charge < -0.3 is 0 Å². The van der Waals surface area contributed by atoms with Crippen molar-refractivity contribution in [2.75, 3.05) is 0 Å². The molecule has 5 aliphatic rings. The first-order valence-corrected chi connectivity index (χ1v) is 13.2. The third kappa shape index (κ3) is 2.79. The number of allylic oxidation sites excluding steroid dienone is 4. The summed E-state index contributed by atoms with van der Waals surface area (Å²) in [7, 11) is 0. The minimum absolute atomic E-state index is 0.0344. The molecule has 0 bridgehead atoms. The molecule has 0 amide bonds. The predicted molar refractivity (Wildman–Crippen MR) is 130 cm³/mol. The van der Waals surface area contributed by atoms with Crippen molar-refractivity contribution in [2.24, 2.45) is 50.7 Å². The predicted octanol–water partition coefficient (Wildman–Crippen LogP) is 6.84. The van der Waals surface area contributed by atoms with E-state index < -0.39 is 10.8 Å². The van der Waals surface area contributed by atoms with Gasteiger partial charge in [-0.3, -0.25) is 9.59 Å². The number of rotatable bonds is 0. The molecule has 0 spiro atoms. The van der Waals surface area contributed by atoms with E-state index in [-0.39, 0.29) is 34.0 Å². The van der Waals surface area contributed by atoms with E-state index in [2.05, 4.69) is 40.7 Å². The van der Waals surface area contributed by atoms with E-state index in [1.165, 1.54) is 24.8 Å². The van der Waals surface area contributed by atoms with E-state index in [0.29, 0.717) is 23.0 Å². The van der Waals surface area contributed by atoms with Crippen molar-refractivity contribution < 1.29 is 9.59 Å². The molecule has 0 aromatic carbocycles. The highest BCUT2D eigenvalue weighted by atomic mass is 16.1. The van der Waals surface area contributed by atoms with Gasteiger partial charge in [-0.15, -0.1) is 0 Å². The monoisotopic (exact) mass is 447 g/mol. The van der Waals surface area contributed by atoms with Crippen LogP contribution in [0.15, 0.2) is 23.3 Å². The highest BCUT2D eigenvalue weighted by Crippen LogP contribution is 2.72. The SMILES string of the molecule is CC1(C)CC[C@H]2CC[C@]3(C)[C@H](C(=O)C=C4[C@@]5(C)C=C(C#N)C(=O)C(C)(C)[C@@H]5CC[C@]43C)[C@H]2C1. The molecular weight excluding hydrogens is 406 g/mol. The highest BCUT2D eigenvalue weighted by Gasteiger charge is 2.67. The third-order valence-electron chi connectivity index (χ3n) is 11.7. The van der Waals surface area contributed by atoms with Gasteiger partial charge in [-0.2, -0.15) is 5.26 Å². The molecule has 0 N–H and O–H groups in total. The summed E-state index contributed by atoms with van der Waals surface area (Å²) < 4.78 is 0. The number of hydrogen-bond donors (Lipinski definition) is 0. The van der Waals surface area contributed by atoms with Gasteiger partial charge in [-0.05, 0) is 85.0 Å². The first kappa shape index (κ1) is 23.1. The van der Waals surface area contributed by atoms with Gasteiger partial charge in [0.2, 0.25) is 0 Å². The quantitative estimate of drug-likeness (QED) is 0.408. The third-order valence-corrected chi connectivity index (χ3v) is 11.7. The van der Waals surface area contributed by atoms with Crippen molar-refractivity contribution >= 4 is 11.6 Å². The van der Waals surface area contributed by atoms with Crippen molar-refractivity contribution in [1.82, 2.24) is 0 Å². The van der Waals surface area contributed by atoms with Crippen molar-refractivity contribution in [2.45, 2.75) is 93.4 Å². The summed E-state index contributed by atoms with van der Waals surface area (Å²) in [6.07, 6.45) is 12.0. The van der Waals surface area contributed by atoms with Crippen LogP contribution in [0.3, 0.4) is 0 Å². The molecule has 3 fully saturated rings. The van der Waals surface area contributed by atoms with Crippen LogP contribution in [0.25, 0.3) is 0 Å². The molecule has 0 radical (unpaired) electrons. The van der Waals surface area contributed by atoms with Crippen LogP contribution in [0.1, 0.15) is 93.4 Å². The topological polar surface area (TPSA) is 57.9 Å². The van der Waals surface area contributed by atoms with Gasteiger partial charge in [0.25, 0.3) is 0 Å². The van der Waals surface area contributed by atoms with Crippen LogP contribution in [0.4, 0.5) is 0 Å². The van der Waals surface area contributed by atoms with E-state index in [9.17, 15) is 14.9 Å². The van der Waals surface area contributed by atoms with E-state index >= 15 is 0 Å². The summed E-state index contributed by atoms with van der Waals surface area (Å²) in [5.74, 6) is 1.67. The lowest BCUT2D eigenvalue weighted by Gasteiger charge is -2.67. The second-order valence-electron chi connectivity index (χ2n) is 14.2. The van der Waals surface area contributed by atoms with Gasteiger partial charge in [-0.25, -0.2) is 0 Å². The fourth-order valence-corrected chi connectivity index (χ4v) is 9.74. The lowest BCUT2D eigenvalue weighted by Crippen LogP contribution is -2.63. The Kier molecular flexibility index (Phi) is 4.69. The normalized spacial score (nSPS) is 47.7. The number of nitrogens with zero attached hydrogens (tertiary/aromatic N) is 1. The Hall–Kier alpha value is -1.69. The standard InChI is InChI=1S/C30H41NO2/c1-26(2)11-8-18-9-12-30(7)24(20(18)16-26)21(32)14-23-28(5)15-19(17-31)25(33)27(3,4)22(28)10-13-29(23,30)6/h14-15,18,20,22,24H,8-13,16H2,1-7H3/t18-,20-,22-,24-,28-,29+,30+/m0/s1. The van der Waals surface area contributed by atoms with Gasteiger partial charge >= 0.3 is 0 Å². The largest absolute Gasteiger partial charge is 0.295 e. The van der Waals surface area contributed by atoms with E-state index in [1.807, 2.05) is 26.0 Å². The molecule has 0 heterocycles. The molecule has 3 heteroatoms. The summed E-state index contributed by atoms with van der Waals surface area (Å²) in [5, 5.41) is 9.80. The van der Waals surface area contributed by atoms with Gasteiger partial charge in [0.15, 0.2) is 11.6 Å². The van der Waals surface area contributed by atoms with Crippen LogP contribution >= 0.6 is 0 Å². The summed E-state index contributed by atoms with van der Waals surface area (Å²) in [6, 6.07) is 2.20. The Labute approximate surface area is 200 Å². The first-order valence-electron chi connectivity index (χ1n) is 13.2. The van der Waals surface area contributed by atoms with Crippen molar-refractivity contribution in [3.05, 3.63) is 23.3 Å². The second-order valence-corrected chi connectivity index (χ2v) is 14.2. The highest BCUT2D eigenvalue weighted by molar-refractivity contribution is 6.04. The summed E-state index contributed by atoms with van der Waals surface area (Å²) in [4.78, 5) is 27.2. The maximum absolute atomic E-state index is 14.1. The number of fused-ring (bicyclic) bond motifs is 7. The number of Topliss-reactive ketones (excluding diaryl/α,β-unsaturated/α-hetero) is 1. The molecule has 3 nitrogen and oxygen atoms in total. The maximum atomic E-state index is 14.1. The van der Waals surface area contributed by atoms with Crippen LogP contribution in [0.2, 0.25) is 0 Å². The molecule has 33 heavy (non-hydrogen) atoms. The Bertz CT molecular complexity index is 1040. The van der Waals surface area contributed by atoms with Gasteiger partial charge in [0.05, 0.1) is 5.57 Å². The smallest absolute Gasteiger partial charge is 0.178 e. The number of carbonyl (C=O) groups excluding carboxylic acids is 2. The number of ketones is 2. The lowest BCUT2D eigenvalue weighted by molar-refractivity contribution is -0.155. The van der Waals surface area contributed by atoms with Crippen LogP contribution in [0.5, 0.6) is 0 Å². The van der Waals surface area contributed by atoms with E-state index in [0.717, 1.165) is 25.7 Å². The lowest BCUT2D eigenvalue weighted by atomic mass is 9.36. The molecule has 0 aromatic heterocycles. The molecule has 178 valence electrons. The summed E-state index contributed by atoms with van der Waals surface area (Å²) in [6.45, 7) is 15.8.